The Morgan fingerprint density at radius 3 is 1.72 bits per heavy atom. The maximum absolute atomic E-state index is 10.1. The number of unbranched alkanes of at least 4 members (excludes halogenated alkanes) is 1. The molecule has 1 atom stereocenters. The normalized spacial score (nSPS) is 10.5. The quantitative estimate of drug-likeness (QED) is 0.183. The van der Waals surface area contributed by atoms with E-state index in [-0.39, 0.29) is 34.0 Å². The van der Waals surface area contributed by atoms with Crippen LogP contribution in [0.25, 0.3) is 0 Å². The number of carboxylic acids is 1. The first-order valence-corrected chi connectivity index (χ1v) is 5.71. The summed E-state index contributed by atoms with van der Waals surface area (Å²) < 4.78 is 8.88. The van der Waals surface area contributed by atoms with Crippen molar-refractivity contribution >= 4 is 36.8 Å². The van der Waals surface area contributed by atoms with Gasteiger partial charge in [0.2, 0.25) is 0 Å². The number of rotatable bonds is 5. The summed E-state index contributed by atoms with van der Waals surface area (Å²) in [6, 6.07) is -0.716. The Kier molecular flexibility index (Phi) is 29.5. The van der Waals surface area contributed by atoms with E-state index in [9.17, 15) is 4.79 Å². The fourth-order valence-electron chi connectivity index (χ4n) is 0.632. The van der Waals surface area contributed by atoms with E-state index in [1.54, 1.807) is 0 Å². The van der Waals surface area contributed by atoms with Crippen molar-refractivity contribution < 1.29 is 40.1 Å². The van der Waals surface area contributed by atoms with E-state index in [1.165, 1.54) is 0 Å². The van der Waals surface area contributed by atoms with Gasteiger partial charge in [-0.1, -0.05) is 6.42 Å². The second-order valence-electron chi connectivity index (χ2n) is 2.74. The van der Waals surface area contributed by atoms with Crippen LogP contribution in [0.4, 0.5) is 0 Å². The van der Waals surface area contributed by atoms with Crippen molar-refractivity contribution in [1.29, 1.82) is 0 Å². The van der Waals surface area contributed by atoms with Crippen LogP contribution in [0.5, 0.6) is 0 Å². The van der Waals surface area contributed by atoms with Crippen molar-refractivity contribution in [2.75, 3.05) is 6.54 Å². The monoisotopic (exact) mass is 302 g/mol. The molecular weight excluding hydrogens is 283 g/mol. The largest absolute Gasteiger partial charge is 2.00 e. The van der Waals surface area contributed by atoms with Gasteiger partial charge >= 0.3 is 36.8 Å². The number of hydrogen-bond acceptors (Lipinski definition) is 6. The van der Waals surface area contributed by atoms with Gasteiger partial charge in [-0.2, -0.15) is 0 Å². The standard InChI is InChI=1S/C6H14N2O2.Mg.H3O4P.2H2O/c7-4-2-1-3-5(8)6(9)10;;1-5(2,3)4;;/h5H,1-4,7-8H2,(H,9,10);;(H3,1,2,3,4);2*1H2/q;+2;;;/p-2. The molecule has 0 aromatic heterocycles. The number of aliphatic carboxylic acids is 1. The van der Waals surface area contributed by atoms with E-state index in [4.69, 9.17) is 35.8 Å². The second kappa shape index (κ2) is 17.2. The third kappa shape index (κ3) is 44.2. The Morgan fingerprint density at radius 1 is 1.17 bits per heavy atom. The molecule has 10 N–H and O–H groups in total. The molecule has 0 amide bonds. The molecular formula is C6H19MgN2O8P. The fourth-order valence-corrected chi connectivity index (χ4v) is 0.632. The van der Waals surface area contributed by atoms with Crippen LogP contribution in [0.1, 0.15) is 19.3 Å². The minimum atomic E-state index is -4.64. The van der Waals surface area contributed by atoms with Gasteiger partial charge in [-0.25, -0.2) is 4.57 Å². The van der Waals surface area contributed by atoms with Crippen LogP contribution in [0, 0.1) is 0 Å². The maximum Gasteiger partial charge on any atom is 2.00 e. The molecule has 0 saturated carbocycles. The van der Waals surface area contributed by atoms with Gasteiger partial charge < -0.3 is 42.2 Å². The number of phosphoric acid groups is 1. The van der Waals surface area contributed by atoms with Crippen molar-refractivity contribution in [3.8, 4) is 0 Å². The molecule has 0 spiro atoms. The molecule has 1 unspecified atom stereocenters. The van der Waals surface area contributed by atoms with Gasteiger partial charge in [0.05, 0.1) is 0 Å². The smallest absolute Gasteiger partial charge is 0.870 e. The van der Waals surface area contributed by atoms with Crippen molar-refractivity contribution in [2.24, 2.45) is 11.5 Å². The molecule has 0 aliphatic carbocycles. The SMILES string of the molecule is NCCCCC(N)C(=O)O.O=P(O)(O)O.[Mg+2].[OH-].[OH-]. The van der Waals surface area contributed by atoms with Crippen LogP contribution in [0.3, 0.4) is 0 Å². The zero-order chi connectivity index (χ0) is 12.5. The Balaban J connectivity index is -0.0000000621. The molecule has 0 rings (SSSR count). The molecule has 0 fully saturated rings. The summed E-state index contributed by atoms with van der Waals surface area (Å²) in [7, 11) is -4.64. The fraction of sp³-hybridized carbons (Fsp3) is 0.833. The molecule has 0 heterocycles. The van der Waals surface area contributed by atoms with Crippen LogP contribution in [-0.4, -0.2) is 72.3 Å². The molecule has 0 aliphatic rings. The molecule has 0 aromatic rings. The van der Waals surface area contributed by atoms with E-state index in [0.717, 1.165) is 12.8 Å². The van der Waals surface area contributed by atoms with Gasteiger partial charge in [-0.3, -0.25) is 4.79 Å². The van der Waals surface area contributed by atoms with Gasteiger partial charge in [0.1, 0.15) is 6.04 Å². The minimum Gasteiger partial charge on any atom is -0.870 e. The zero-order valence-electron chi connectivity index (χ0n) is 9.71. The molecule has 0 aliphatic heterocycles. The topological polar surface area (TPSA) is 227 Å². The van der Waals surface area contributed by atoms with E-state index >= 15 is 0 Å². The van der Waals surface area contributed by atoms with Crippen LogP contribution in [-0.2, 0) is 9.36 Å². The van der Waals surface area contributed by atoms with Crippen molar-refractivity contribution in [1.82, 2.24) is 0 Å². The molecule has 0 saturated heterocycles. The van der Waals surface area contributed by atoms with E-state index in [0.29, 0.717) is 13.0 Å². The first-order valence-electron chi connectivity index (χ1n) is 4.15. The predicted molar refractivity (Wildman–Crippen MR) is 62.4 cm³/mol. The van der Waals surface area contributed by atoms with Crippen LogP contribution in [0.15, 0.2) is 0 Å². The Morgan fingerprint density at radius 2 is 1.50 bits per heavy atom. The minimum absolute atomic E-state index is 0. The van der Waals surface area contributed by atoms with Gasteiger partial charge in [0.15, 0.2) is 0 Å². The Labute approximate surface area is 120 Å². The molecule has 0 radical (unpaired) electrons. The van der Waals surface area contributed by atoms with Crippen LogP contribution >= 0.6 is 7.82 Å². The molecule has 12 heteroatoms. The number of hydrogen-bond donors (Lipinski definition) is 6. The first kappa shape index (κ1) is 30.9. The Bertz CT molecular complexity index is 217. The summed E-state index contributed by atoms with van der Waals surface area (Å²) in [6.45, 7) is 0.604. The first-order chi connectivity index (χ1) is 6.68. The van der Waals surface area contributed by atoms with Crippen molar-refractivity contribution in [3.05, 3.63) is 0 Å². The van der Waals surface area contributed by atoms with Crippen molar-refractivity contribution in [3.63, 3.8) is 0 Å². The van der Waals surface area contributed by atoms with Crippen molar-refractivity contribution in [2.45, 2.75) is 25.3 Å². The molecule has 108 valence electrons. The summed E-state index contributed by atoms with van der Waals surface area (Å²) in [5, 5.41) is 8.33. The van der Waals surface area contributed by atoms with E-state index < -0.39 is 19.8 Å². The zero-order valence-corrected chi connectivity index (χ0v) is 12.0. The van der Waals surface area contributed by atoms with Gasteiger partial charge in [0.25, 0.3) is 0 Å². The molecule has 18 heavy (non-hydrogen) atoms. The predicted octanol–water partition coefficient (Wildman–Crippen LogP) is -2.14. The summed E-state index contributed by atoms with van der Waals surface area (Å²) in [6.07, 6.45) is 2.16. The summed E-state index contributed by atoms with van der Waals surface area (Å²) >= 11 is 0. The second-order valence-corrected chi connectivity index (χ2v) is 3.77. The van der Waals surface area contributed by atoms with Gasteiger partial charge in [-0.05, 0) is 19.4 Å². The van der Waals surface area contributed by atoms with Gasteiger partial charge in [-0.15, -0.1) is 0 Å². The van der Waals surface area contributed by atoms with E-state index in [2.05, 4.69) is 0 Å². The maximum atomic E-state index is 10.1. The summed E-state index contributed by atoms with van der Waals surface area (Å²) in [5.41, 5.74) is 10.4. The third-order valence-electron chi connectivity index (χ3n) is 1.29. The molecule has 0 aromatic carbocycles. The average molecular weight is 303 g/mol. The summed E-state index contributed by atoms with van der Waals surface area (Å²) in [4.78, 5) is 31.7. The number of carbonyl (C=O) groups is 1. The van der Waals surface area contributed by atoms with Crippen LogP contribution in [0.2, 0.25) is 0 Å². The van der Waals surface area contributed by atoms with Gasteiger partial charge in [0, 0.05) is 0 Å². The molecule has 10 nitrogen and oxygen atoms in total. The van der Waals surface area contributed by atoms with E-state index in [1.807, 2.05) is 0 Å². The number of carboxylic acid groups (broad SMARTS) is 1. The Hall–Kier alpha value is 0.186. The summed E-state index contributed by atoms with van der Waals surface area (Å²) in [5.74, 6) is -0.933. The third-order valence-corrected chi connectivity index (χ3v) is 1.29. The number of nitrogens with two attached hydrogens (primary N) is 2. The molecule has 0 bridgehead atoms. The average Bonchev–Trinajstić information content (AvgIpc) is 2.01. The van der Waals surface area contributed by atoms with Crippen LogP contribution < -0.4 is 11.5 Å².